The number of unbranched alkanes of at least 4 members (excludes halogenated alkanes) is 26. The fourth-order valence-corrected chi connectivity index (χ4v) is 7.92. The van der Waals surface area contributed by atoms with Crippen molar-refractivity contribution in [3.05, 3.63) is 85.1 Å². The lowest BCUT2D eigenvalue weighted by Crippen LogP contribution is -2.30. The molecule has 0 aliphatic rings. The number of hydrogen-bond acceptors (Lipinski definition) is 6. The first kappa shape index (κ1) is 64.6. The molecule has 0 spiro atoms. The van der Waals surface area contributed by atoms with E-state index in [4.69, 9.17) is 14.2 Å². The Bertz CT molecular complexity index is 1320. The number of carbonyl (C=O) groups excluding carboxylic acids is 3. The van der Waals surface area contributed by atoms with E-state index >= 15 is 0 Å². The van der Waals surface area contributed by atoms with E-state index in [1.165, 1.54) is 109 Å². The summed E-state index contributed by atoms with van der Waals surface area (Å²) in [5.74, 6) is -0.927. The standard InChI is InChI=1S/C62H106O6/c1-4-7-10-13-16-19-22-25-27-29-31-33-34-37-40-43-46-49-52-55-61(64)67-58-59(57-66-60(63)54-51-48-45-42-39-36-24-21-18-15-12-9-6-3)68-62(65)56-53-50-47-44-41-38-35-32-30-28-26-23-20-17-14-11-8-5-2/h7,9-10,12,16,18-19,21,25,27,31,33,36,39,59H,4-6,8,11,13-15,17,20,22-24,26,28-30,32,34-35,37-38,40-58H2,1-3H3/b10-7-,12-9-,19-16-,21-18-,27-25-,33-31-,39-36-. The predicted octanol–water partition coefficient (Wildman–Crippen LogP) is 19.2. The molecule has 390 valence electrons. The van der Waals surface area contributed by atoms with Crippen LogP contribution in [-0.2, 0) is 28.6 Å². The van der Waals surface area contributed by atoms with E-state index in [1.54, 1.807) is 0 Å². The molecule has 0 radical (unpaired) electrons. The molecule has 6 heteroatoms. The van der Waals surface area contributed by atoms with Crippen LogP contribution in [0.2, 0.25) is 0 Å². The van der Waals surface area contributed by atoms with Crippen molar-refractivity contribution in [2.75, 3.05) is 13.2 Å². The molecule has 0 aromatic heterocycles. The largest absolute Gasteiger partial charge is 0.462 e. The highest BCUT2D eigenvalue weighted by molar-refractivity contribution is 5.71. The molecular formula is C62H106O6. The monoisotopic (exact) mass is 947 g/mol. The summed E-state index contributed by atoms with van der Waals surface area (Å²) in [4.78, 5) is 38.1. The van der Waals surface area contributed by atoms with Crippen molar-refractivity contribution < 1.29 is 28.6 Å². The van der Waals surface area contributed by atoms with Gasteiger partial charge in [-0.15, -0.1) is 0 Å². The molecule has 1 atom stereocenters. The van der Waals surface area contributed by atoms with E-state index in [9.17, 15) is 14.4 Å². The maximum Gasteiger partial charge on any atom is 0.306 e. The Morgan fingerprint density at radius 2 is 0.574 bits per heavy atom. The third kappa shape index (κ3) is 53.5. The second kappa shape index (κ2) is 56.2. The van der Waals surface area contributed by atoms with Gasteiger partial charge < -0.3 is 14.2 Å². The Labute approximate surface area is 420 Å². The summed E-state index contributed by atoms with van der Waals surface area (Å²) in [5.41, 5.74) is 0. The van der Waals surface area contributed by atoms with Gasteiger partial charge in [-0.25, -0.2) is 0 Å². The molecule has 0 rings (SSSR count). The maximum atomic E-state index is 12.9. The topological polar surface area (TPSA) is 78.9 Å². The number of hydrogen-bond donors (Lipinski definition) is 0. The van der Waals surface area contributed by atoms with Crippen LogP contribution in [0.25, 0.3) is 0 Å². The lowest BCUT2D eigenvalue weighted by Gasteiger charge is -2.18. The number of carbonyl (C=O) groups is 3. The van der Waals surface area contributed by atoms with Gasteiger partial charge in [-0.1, -0.05) is 247 Å². The van der Waals surface area contributed by atoms with E-state index in [-0.39, 0.29) is 31.1 Å². The third-order valence-electron chi connectivity index (χ3n) is 12.1. The average Bonchev–Trinajstić information content (AvgIpc) is 3.34. The fourth-order valence-electron chi connectivity index (χ4n) is 7.92. The van der Waals surface area contributed by atoms with Crippen molar-refractivity contribution in [2.45, 2.75) is 277 Å². The molecule has 0 bridgehead atoms. The Morgan fingerprint density at radius 3 is 0.912 bits per heavy atom. The van der Waals surface area contributed by atoms with Crippen LogP contribution in [0, 0.1) is 0 Å². The molecule has 0 N–H and O–H groups in total. The van der Waals surface area contributed by atoms with Crippen molar-refractivity contribution in [1.82, 2.24) is 0 Å². The van der Waals surface area contributed by atoms with Crippen LogP contribution < -0.4 is 0 Å². The van der Waals surface area contributed by atoms with E-state index in [1.807, 2.05) is 0 Å². The first-order chi connectivity index (χ1) is 33.5. The summed E-state index contributed by atoms with van der Waals surface area (Å²) >= 11 is 0. The smallest absolute Gasteiger partial charge is 0.306 e. The van der Waals surface area contributed by atoms with Gasteiger partial charge in [0.15, 0.2) is 6.10 Å². The third-order valence-corrected chi connectivity index (χ3v) is 12.1. The number of esters is 3. The zero-order valence-corrected chi connectivity index (χ0v) is 44.6. The lowest BCUT2D eigenvalue weighted by molar-refractivity contribution is -0.167. The molecule has 6 nitrogen and oxygen atoms in total. The molecule has 0 aliphatic carbocycles. The second-order valence-corrected chi connectivity index (χ2v) is 18.8. The van der Waals surface area contributed by atoms with E-state index in [0.29, 0.717) is 19.3 Å². The Morgan fingerprint density at radius 1 is 0.309 bits per heavy atom. The summed E-state index contributed by atoms with van der Waals surface area (Å²) in [6.07, 6.45) is 72.9. The summed E-state index contributed by atoms with van der Waals surface area (Å²) in [6, 6.07) is 0. The van der Waals surface area contributed by atoms with Gasteiger partial charge in [0.2, 0.25) is 0 Å². The number of allylic oxidation sites excluding steroid dienone is 14. The van der Waals surface area contributed by atoms with Crippen molar-refractivity contribution in [2.24, 2.45) is 0 Å². The molecule has 0 saturated heterocycles. The second-order valence-electron chi connectivity index (χ2n) is 18.8. The van der Waals surface area contributed by atoms with Crippen LogP contribution in [0.5, 0.6) is 0 Å². The molecule has 0 aromatic carbocycles. The van der Waals surface area contributed by atoms with Crippen molar-refractivity contribution in [3.8, 4) is 0 Å². The minimum Gasteiger partial charge on any atom is -0.462 e. The highest BCUT2D eigenvalue weighted by Crippen LogP contribution is 2.16. The summed E-state index contributed by atoms with van der Waals surface area (Å²) < 4.78 is 16.8. The van der Waals surface area contributed by atoms with Gasteiger partial charge in [-0.3, -0.25) is 14.4 Å². The highest BCUT2D eigenvalue weighted by Gasteiger charge is 2.19. The average molecular weight is 948 g/mol. The zero-order chi connectivity index (χ0) is 49.3. The Kier molecular flexibility index (Phi) is 53.4. The molecule has 0 heterocycles. The molecular weight excluding hydrogens is 841 g/mol. The molecule has 68 heavy (non-hydrogen) atoms. The summed E-state index contributed by atoms with van der Waals surface area (Å²) in [6.45, 7) is 6.40. The Balaban J connectivity index is 4.40. The summed E-state index contributed by atoms with van der Waals surface area (Å²) in [7, 11) is 0. The van der Waals surface area contributed by atoms with Gasteiger partial charge in [0.25, 0.3) is 0 Å². The van der Waals surface area contributed by atoms with Crippen LogP contribution in [0.1, 0.15) is 271 Å². The lowest BCUT2D eigenvalue weighted by atomic mass is 10.0. The van der Waals surface area contributed by atoms with Crippen molar-refractivity contribution in [1.29, 1.82) is 0 Å². The molecule has 1 unspecified atom stereocenters. The molecule has 0 amide bonds. The molecule has 0 fully saturated rings. The molecule has 0 aliphatic heterocycles. The van der Waals surface area contributed by atoms with E-state index in [0.717, 1.165) is 122 Å². The zero-order valence-electron chi connectivity index (χ0n) is 44.6. The van der Waals surface area contributed by atoms with Gasteiger partial charge in [-0.05, 0) is 89.9 Å². The minimum absolute atomic E-state index is 0.0920. The van der Waals surface area contributed by atoms with Gasteiger partial charge in [0.1, 0.15) is 13.2 Å². The van der Waals surface area contributed by atoms with Crippen LogP contribution in [-0.4, -0.2) is 37.2 Å². The first-order valence-electron chi connectivity index (χ1n) is 28.6. The van der Waals surface area contributed by atoms with Crippen molar-refractivity contribution >= 4 is 17.9 Å². The van der Waals surface area contributed by atoms with Crippen molar-refractivity contribution in [3.63, 3.8) is 0 Å². The van der Waals surface area contributed by atoms with Gasteiger partial charge in [-0.2, -0.15) is 0 Å². The van der Waals surface area contributed by atoms with Gasteiger partial charge >= 0.3 is 17.9 Å². The van der Waals surface area contributed by atoms with Crippen LogP contribution >= 0.6 is 0 Å². The molecule has 0 aromatic rings. The minimum atomic E-state index is -0.794. The predicted molar refractivity (Wildman–Crippen MR) is 293 cm³/mol. The van der Waals surface area contributed by atoms with Gasteiger partial charge in [0, 0.05) is 19.3 Å². The van der Waals surface area contributed by atoms with Crippen LogP contribution in [0.4, 0.5) is 0 Å². The number of ether oxygens (including phenoxy) is 3. The highest BCUT2D eigenvalue weighted by atomic mass is 16.6. The quantitative estimate of drug-likeness (QED) is 0.0262. The summed E-state index contributed by atoms with van der Waals surface area (Å²) in [5, 5.41) is 0. The normalized spacial score (nSPS) is 12.7. The number of rotatable bonds is 51. The van der Waals surface area contributed by atoms with Crippen LogP contribution in [0.15, 0.2) is 85.1 Å². The Hall–Kier alpha value is -3.41. The van der Waals surface area contributed by atoms with Gasteiger partial charge in [0.05, 0.1) is 0 Å². The SMILES string of the molecule is CC/C=C\C/C=C\C/C=C\C/C=C\CCCCCCCCC(=O)OCC(COC(=O)CCCCC/C=C\C/C=C\C/C=C\CC)OC(=O)CCCCCCCCCCCCCCCCCCCC. The fraction of sp³-hybridized carbons (Fsp3) is 0.726. The van der Waals surface area contributed by atoms with E-state index < -0.39 is 6.10 Å². The van der Waals surface area contributed by atoms with E-state index in [2.05, 4.69) is 106 Å². The maximum absolute atomic E-state index is 12.9. The first-order valence-corrected chi connectivity index (χ1v) is 28.6. The van der Waals surface area contributed by atoms with Crippen LogP contribution in [0.3, 0.4) is 0 Å². The molecule has 0 saturated carbocycles.